The van der Waals surface area contributed by atoms with E-state index in [1.165, 1.54) is 6.07 Å². The van der Waals surface area contributed by atoms with Crippen molar-refractivity contribution in [1.29, 1.82) is 0 Å². The Morgan fingerprint density at radius 3 is 2.71 bits per heavy atom. The fraction of sp³-hybridized carbons (Fsp3) is 0.182. The summed E-state index contributed by atoms with van der Waals surface area (Å²) in [5, 5.41) is 13.0. The molecule has 17 heavy (non-hydrogen) atoms. The highest BCUT2D eigenvalue weighted by atomic mass is 16.4. The van der Waals surface area contributed by atoms with Crippen LogP contribution in [0.5, 0.6) is 0 Å². The zero-order chi connectivity index (χ0) is 12.6. The lowest BCUT2D eigenvalue weighted by Crippen LogP contribution is -2.06. The molecule has 2 rings (SSSR count). The third-order valence-corrected chi connectivity index (χ3v) is 2.64. The molecule has 6 nitrogen and oxygen atoms in total. The van der Waals surface area contributed by atoms with E-state index in [4.69, 9.17) is 10.8 Å². The second-order valence-electron chi connectivity index (χ2n) is 3.71. The van der Waals surface area contributed by atoms with E-state index in [-0.39, 0.29) is 11.4 Å². The summed E-state index contributed by atoms with van der Waals surface area (Å²) >= 11 is 0. The van der Waals surface area contributed by atoms with E-state index in [9.17, 15) is 4.79 Å². The number of carboxylic acids is 1. The molecule has 0 amide bonds. The monoisotopic (exact) mass is 232 g/mol. The number of aromatic carboxylic acids is 1. The third-order valence-electron chi connectivity index (χ3n) is 2.64. The predicted molar refractivity (Wildman–Crippen MR) is 62.5 cm³/mol. The molecule has 6 heteroatoms. The highest BCUT2D eigenvalue weighted by Crippen LogP contribution is 2.22. The molecule has 88 valence electrons. The maximum Gasteiger partial charge on any atom is 0.356 e. The van der Waals surface area contributed by atoms with Crippen molar-refractivity contribution in [2.24, 2.45) is 7.05 Å². The number of carboxylic acid groups (broad SMARTS) is 1. The van der Waals surface area contributed by atoms with Gasteiger partial charge >= 0.3 is 5.97 Å². The van der Waals surface area contributed by atoms with Gasteiger partial charge in [-0.2, -0.15) is 5.10 Å². The van der Waals surface area contributed by atoms with E-state index >= 15 is 0 Å². The van der Waals surface area contributed by atoms with E-state index < -0.39 is 5.97 Å². The maximum absolute atomic E-state index is 10.9. The van der Waals surface area contributed by atoms with Crippen LogP contribution < -0.4 is 5.73 Å². The Kier molecular flexibility index (Phi) is 2.55. The first-order chi connectivity index (χ1) is 8.00. The average molecular weight is 232 g/mol. The van der Waals surface area contributed by atoms with Gasteiger partial charge in [0.05, 0.1) is 17.6 Å². The van der Waals surface area contributed by atoms with Crippen molar-refractivity contribution in [2.75, 3.05) is 5.73 Å². The van der Waals surface area contributed by atoms with Gasteiger partial charge in [0.25, 0.3) is 0 Å². The lowest BCUT2D eigenvalue weighted by molar-refractivity contribution is 0.0692. The van der Waals surface area contributed by atoms with Gasteiger partial charge in [-0.1, -0.05) is 0 Å². The van der Waals surface area contributed by atoms with Crippen molar-refractivity contribution < 1.29 is 9.90 Å². The Morgan fingerprint density at radius 2 is 2.18 bits per heavy atom. The van der Waals surface area contributed by atoms with Crippen molar-refractivity contribution in [2.45, 2.75) is 6.92 Å². The number of aromatic nitrogens is 3. The summed E-state index contributed by atoms with van der Waals surface area (Å²) in [6.45, 7) is 1.89. The van der Waals surface area contributed by atoms with Gasteiger partial charge in [-0.05, 0) is 19.1 Å². The number of anilines is 1. The van der Waals surface area contributed by atoms with Gasteiger partial charge in [-0.15, -0.1) is 0 Å². The Morgan fingerprint density at radius 1 is 1.47 bits per heavy atom. The number of nitrogens with two attached hydrogens (primary N) is 1. The van der Waals surface area contributed by atoms with Crippen molar-refractivity contribution in [3.05, 3.63) is 29.7 Å². The van der Waals surface area contributed by atoms with Crippen LogP contribution in [0.15, 0.2) is 18.3 Å². The molecule has 0 radical (unpaired) electrons. The molecule has 0 atom stereocenters. The molecule has 0 bridgehead atoms. The minimum Gasteiger partial charge on any atom is -0.476 e. The molecule has 0 saturated heterocycles. The van der Waals surface area contributed by atoms with Gasteiger partial charge in [-0.25, -0.2) is 9.78 Å². The van der Waals surface area contributed by atoms with E-state index in [1.807, 2.05) is 14.0 Å². The summed E-state index contributed by atoms with van der Waals surface area (Å²) in [7, 11) is 1.81. The van der Waals surface area contributed by atoms with Crippen molar-refractivity contribution >= 4 is 11.7 Å². The van der Waals surface area contributed by atoms with E-state index in [0.717, 1.165) is 11.3 Å². The standard InChI is InChI=1S/C11H12N4O2/c1-6-7(5-13-15(6)2)9-4-3-8(12)10(14-9)11(16)17/h3-5H,12H2,1-2H3,(H,16,17). The zero-order valence-electron chi connectivity index (χ0n) is 9.51. The molecule has 0 unspecified atom stereocenters. The molecule has 0 aliphatic rings. The quantitative estimate of drug-likeness (QED) is 0.807. The second kappa shape index (κ2) is 3.89. The topological polar surface area (TPSA) is 94.0 Å². The van der Waals surface area contributed by atoms with Crippen LogP contribution in [0, 0.1) is 6.92 Å². The minimum atomic E-state index is -1.13. The Balaban J connectivity index is 2.58. The molecular formula is C11H12N4O2. The first kappa shape index (κ1) is 11.1. The fourth-order valence-corrected chi connectivity index (χ4v) is 1.54. The lowest BCUT2D eigenvalue weighted by atomic mass is 10.1. The van der Waals surface area contributed by atoms with Crippen molar-refractivity contribution in [3.63, 3.8) is 0 Å². The van der Waals surface area contributed by atoms with Gasteiger partial charge in [0.15, 0.2) is 5.69 Å². The van der Waals surface area contributed by atoms with Gasteiger partial charge in [0.2, 0.25) is 0 Å². The molecule has 2 heterocycles. The first-order valence-electron chi connectivity index (χ1n) is 4.99. The van der Waals surface area contributed by atoms with Gasteiger partial charge in [-0.3, -0.25) is 4.68 Å². The van der Waals surface area contributed by atoms with Crippen LogP contribution in [-0.4, -0.2) is 25.8 Å². The SMILES string of the molecule is Cc1c(-c2ccc(N)c(C(=O)O)n2)cnn1C. The maximum atomic E-state index is 10.9. The Labute approximate surface area is 97.7 Å². The normalized spacial score (nSPS) is 10.5. The molecule has 2 aromatic rings. The lowest BCUT2D eigenvalue weighted by Gasteiger charge is -2.04. The van der Waals surface area contributed by atoms with Crippen LogP contribution in [0.3, 0.4) is 0 Å². The number of aryl methyl sites for hydroxylation is 1. The number of pyridine rings is 1. The average Bonchev–Trinajstić information content (AvgIpc) is 2.60. The van der Waals surface area contributed by atoms with E-state index in [2.05, 4.69) is 10.1 Å². The summed E-state index contributed by atoms with van der Waals surface area (Å²) in [5.41, 5.74) is 7.84. The molecule has 0 saturated carbocycles. The number of carbonyl (C=O) groups is 1. The van der Waals surface area contributed by atoms with E-state index in [0.29, 0.717) is 5.69 Å². The van der Waals surface area contributed by atoms with Crippen LogP contribution in [0.25, 0.3) is 11.3 Å². The number of rotatable bonds is 2. The van der Waals surface area contributed by atoms with Crippen LogP contribution in [0.1, 0.15) is 16.2 Å². The van der Waals surface area contributed by atoms with Crippen LogP contribution in [-0.2, 0) is 7.05 Å². The minimum absolute atomic E-state index is 0.134. The third kappa shape index (κ3) is 1.84. The Hall–Kier alpha value is -2.37. The molecule has 0 fully saturated rings. The molecule has 0 aromatic carbocycles. The molecule has 0 aliphatic carbocycles. The summed E-state index contributed by atoms with van der Waals surface area (Å²) in [6, 6.07) is 3.23. The van der Waals surface area contributed by atoms with Crippen LogP contribution in [0.2, 0.25) is 0 Å². The van der Waals surface area contributed by atoms with E-state index in [1.54, 1.807) is 16.9 Å². The number of nitrogens with zero attached hydrogens (tertiary/aromatic N) is 3. The van der Waals surface area contributed by atoms with Crippen LogP contribution in [0.4, 0.5) is 5.69 Å². The molecule has 2 aromatic heterocycles. The summed E-state index contributed by atoms with van der Waals surface area (Å²) in [4.78, 5) is 15.0. The van der Waals surface area contributed by atoms with Crippen LogP contribution >= 0.6 is 0 Å². The molecule has 0 spiro atoms. The first-order valence-corrected chi connectivity index (χ1v) is 4.99. The zero-order valence-corrected chi connectivity index (χ0v) is 9.51. The highest BCUT2D eigenvalue weighted by Gasteiger charge is 2.14. The molecular weight excluding hydrogens is 220 g/mol. The number of nitrogen functional groups attached to an aromatic ring is 1. The molecule has 0 aliphatic heterocycles. The Bertz CT molecular complexity index is 589. The largest absolute Gasteiger partial charge is 0.476 e. The van der Waals surface area contributed by atoms with Gasteiger partial charge in [0.1, 0.15) is 0 Å². The highest BCUT2D eigenvalue weighted by molar-refractivity contribution is 5.92. The van der Waals surface area contributed by atoms with Crippen molar-refractivity contribution in [3.8, 4) is 11.3 Å². The second-order valence-corrected chi connectivity index (χ2v) is 3.71. The smallest absolute Gasteiger partial charge is 0.356 e. The van der Waals surface area contributed by atoms with Crippen molar-refractivity contribution in [1.82, 2.24) is 14.8 Å². The van der Waals surface area contributed by atoms with Gasteiger partial charge < -0.3 is 10.8 Å². The summed E-state index contributed by atoms with van der Waals surface area (Å²) in [5.74, 6) is -1.13. The fourth-order valence-electron chi connectivity index (χ4n) is 1.54. The predicted octanol–water partition coefficient (Wildman–Crippen LogP) is 1.07. The van der Waals surface area contributed by atoms with Gasteiger partial charge in [0, 0.05) is 18.3 Å². The number of hydrogen-bond acceptors (Lipinski definition) is 4. The summed E-state index contributed by atoms with van der Waals surface area (Å²) < 4.78 is 1.70. The molecule has 3 N–H and O–H groups in total. The number of hydrogen-bond donors (Lipinski definition) is 2. The summed E-state index contributed by atoms with van der Waals surface area (Å²) in [6.07, 6.45) is 1.65.